The van der Waals surface area contributed by atoms with Crippen LogP contribution in [0.4, 0.5) is 17.1 Å². The largest absolute Gasteiger partial charge is 0.456 e. The molecule has 0 spiro atoms. The molecule has 0 fully saturated rings. The van der Waals surface area contributed by atoms with Crippen molar-refractivity contribution in [3.63, 3.8) is 0 Å². The molecule has 11 aromatic rings. The quantitative estimate of drug-likeness (QED) is 0.182. The highest BCUT2D eigenvalue weighted by Gasteiger charge is 2.24. The van der Waals surface area contributed by atoms with Gasteiger partial charge in [-0.05, 0) is 81.4 Å². The molecule has 53 heavy (non-hydrogen) atoms. The van der Waals surface area contributed by atoms with Crippen molar-refractivity contribution >= 4 is 82.5 Å². The summed E-state index contributed by atoms with van der Waals surface area (Å²) >= 11 is 0. The van der Waals surface area contributed by atoms with Crippen LogP contribution in [0.15, 0.2) is 197 Å². The van der Waals surface area contributed by atoms with E-state index in [1.165, 1.54) is 16.3 Å². The molecule has 0 aliphatic carbocycles. The molecular formula is C50H31NO2. The zero-order chi connectivity index (χ0) is 34.9. The second-order valence-electron chi connectivity index (χ2n) is 13.6. The molecule has 0 aliphatic heterocycles. The van der Waals surface area contributed by atoms with Crippen molar-refractivity contribution in [2.24, 2.45) is 0 Å². The molecule has 11 rings (SSSR count). The molecule has 3 nitrogen and oxygen atoms in total. The molecule has 9 aromatic carbocycles. The van der Waals surface area contributed by atoms with Crippen LogP contribution >= 0.6 is 0 Å². The molecule has 0 radical (unpaired) electrons. The van der Waals surface area contributed by atoms with Gasteiger partial charge in [0.1, 0.15) is 22.3 Å². The van der Waals surface area contributed by atoms with E-state index in [0.29, 0.717) is 0 Å². The molecule has 0 N–H and O–H groups in total. The molecule has 3 heteroatoms. The van der Waals surface area contributed by atoms with E-state index in [0.717, 1.165) is 88.4 Å². The van der Waals surface area contributed by atoms with Gasteiger partial charge in [0, 0.05) is 32.8 Å². The van der Waals surface area contributed by atoms with Gasteiger partial charge < -0.3 is 13.7 Å². The molecule has 0 amide bonds. The van der Waals surface area contributed by atoms with E-state index in [4.69, 9.17) is 8.83 Å². The average Bonchev–Trinajstić information content (AvgIpc) is 3.81. The van der Waals surface area contributed by atoms with Gasteiger partial charge in [-0.3, -0.25) is 0 Å². The predicted octanol–water partition coefficient (Wildman–Crippen LogP) is 14.6. The lowest BCUT2D eigenvalue weighted by atomic mass is 9.95. The third kappa shape index (κ3) is 4.61. The summed E-state index contributed by atoms with van der Waals surface area (Å²) in [6, 6.07) is 66.8. The number of nitrogens with zero attached hydrogens (tertiary/aromatic N) is 1. The number of benzene rings is 9. The number of anilines is 3. The zero-order valence-corrected chi connectivity index (χ0v) is 28.7. The van der Waals surface area contributed by atoms with Crippen molar-refractivity contribution in [1.29, 1.82) is 0 Å². The van der Waals surface area contributed by atoms with Crippen LogP contribution in [0, 0.1) is 0 Å². The Bertz CT molecular complexity index is 3200. The third-order valence-electron chi connectivity index (χ3n) is 10.6. The second-order valence-corrected chi connectivity index (χ2v) is 13.6. The maximum absolute atomic E-state index is 6.74. The van der Waals surface area contributed by atoms with Crippen molar-refractivity contribution in [2.45, 2.75) is 0 Å². The SMILES string of the molecule is c1cc(-c2cccc3ccccc23)cc(N(c2ccccc2-c2cccc3oc4ccccc4c23)c2cccc3oc4c5ccccc5ccc4c23)c1. The lowest BCUT2D eigenvalue weighted by molar-refractivity contribution is 0.669. The summed E-state index contributed by atoms with van der Waals surface area (Å²) in [5.41, 5.74) is 11.2. The number of furan rings is 2. The van der Waals surface area contributed by atoms with Crippen LogP contribution in [0.1, 0.15) is 0 Å². The van der Waals surface area contributed by atoms with Gasteiger partial charge in [0.2, 0.25) is 0 Å². The summed E-state index contributed by atoms with van der Waals surface area (Å²) in [7, 11) is 0. The summed E-state index contributed by atoms with van der Waals surface area (Å²) in [6.07, 6.45) is 0. The van der Waals surface area contributed by atoms with Crippen LogP contribution in [-0.4, -0.2) is 0 Å². The third-order valence-corrected chi connectivity index (χ3v) is 10.6. The fourth-order valence-corrected chi connectivity index (χ4v) is 8.31. The minimum absolute atomic E-state index is 0.851. The highest BCUT2D eigenvalue weighted by atomic mass is 16.3. The Kier molecular flexibility index (Phi) is 6.55. The average molecular weight is 678 g/mol. The lowest BCUT2D eigenvalue weighted by Crippen LogP contribution is -2.11. The molecule has 2 aromatic heterocycles. The van der Waals surface area contributed by atoms with Crippen LogP contribution in [0.25, 0.3) is 87.7 Å². The van der Waals surface area contributed by atoms with Crippen molar-refractivity contribution in [1.82, 2.24) is 0 Å². The molecule has 0 unspecified atom stereocenters. The number of para-hydroxylation sites is 2. The van der Waals surface area contributed by atoms with Gasteiger partial charge in [0.25, 0.3) is 0 Å². The van der Waals surface area contributed by atoms with Gasteiger partial charge in [-0.2, -0.15) is 0 Å². The molecule has 0 saturated carbocycles. The minimum Gasteiger partial charge on any atom is -0.456 e. The first-order valence-electron chi connectivity index (χ1n) is 18.0. The molecule has 0 bridgehead atoms. The molecule has 248 valence electrons. The monoisotopic (exact) mass is 677 g/mol. The van der Waals surface area contributed by atoms with Crippen molar-refractivity contribution in [3.8, 4) is 22.3 Å². The Morgan fingerprint density at radius 2 is 0.943 bits per heavy atom. The van der Waals surface area contributed by atoms with Crippen LogP contribution in [0.5, 0.6) is 0 Å². The predicted molar refractivity (Wildman–Crippen MR) is 222 cm³/mol. The highest BCUT2D eigenvalue weighted by Crippen LogP contribution is 2.49. The maximum Gasteiger partial charge on any atom is 0.143 e. The Balaban J connectivity index is 1.22. The van der Waals surface area contributed by atoms with E-state index >= 15 is 0 Å². The number of hydrogen-bond acceptors (Lipinski definition) is 3. The van der Waals surface area contributed by atoms with E-state index in [2.05, 4.69) is 181 Å². The van der Waals surface area contributed by atoms with E-state index in [-0.39, 0.29) is 0 Å². The highest BCUT2D eigenvalue weighted by molar-refractivity contribution is 6.20. The number of rotatable bonds is 5. The Morgan fingerprint density at radius 1 is 0.340 bits per heavy atom. The molecule has 0 aliphatic rings. The van der Waals surface area contributed by atoms with Gasteiger partial charge in [0.05, 0.1) is 16.8 Å². The summed E-state index contributed by atoms with van der Waals surface area (Å²) in [4.78, 5) is 2.41. The summed E-state index contributed by atoms with van der Waals surface area (Å²) in [5, 5.41) is 9.09. The standard InChI is InChI=1S/C50H31NO2/c1-3-18-36-32(13-1)15-10-22-37(36)34-16-9-17-35(31-34)51(44-25-12-28-47-49(44)42-30-29-33-14-2-4-19-38(33)50(42)53-47)43-24-7-5-20-39(43)40-23-11-27-46-48(40)41-21-6-8-26-45(41)52-46/h1-31H. The minimum atomic E-state index is 0.851. The summed E-state index contributed by atoms with van der Waals surface area (Å²) in [5.74, 6) is 0. The Hall–Kier alpha value is -7.10. The van der Waals surface area contributed by atoms with Crippen LogP contribution < -0.4 is 4.90 Å². The smallest absolute Gasteiger partial charge is 0.143 e. The fourth-order valence-electron chi connectivity index (χ4n) is 8.31. The van der Waals surface area contributed by atoms with Crippen molar-refractivity contribution in [2.75, 3.05) is 4.90 Å². The topological polar surface area (TPSA) is 29.5 Å². The van der Waals surface area contributed by atoms with E-state index in [1.807, 2.05) is 12.1 Å². The fraction of sp³-hybridized carbons (Fsp3) is 0. The van der Waals surface area contributed by atoms with Gasteiger partial charge in [-0.25, -0.2) is 0 Å². The van der Waals surface area contributed by atoms with Gasteiger partial charge >= 0.3 is 0 Å². The van der Waals surface area contributed by atoms with E-state index in [9.17, 15) is 0 Å². The molecule has 2 heterocycles. The Morgan fingerprint density at radius 3 is 1.85 bits per heavy atom. The normalized spacial score (nSPS) is 11.8. The van der Waals surface area contributed by atoms with Gasteiger partial charge in [0.15, 0.2) is 0 Å². The number of fused-ring (bicyclic) bond motifs is 9. The van der Waals surface area contributed by atoms with E-state index < -0.39 is 0 Å². The van der Waals surface area contributed by atoms with Crippen LogP contribution in [0.3, 0.4) is 0 Å². The van der Waals surface area contributed by atoms with E-state index in [1.54, 1.807) is 0 Å². The second kappa shape index (κ2) is 11.7. The molecule has 0 saturated heterocycles. The molecular weight excluding hydrogens is 647 g/mol. The summed E-state index contributed by atoms with van der Waals surface area (Å²) in [6.45, 7) is 0. The van der Waals surface area contributed by atoms with Gasteiger partial charge in [-0.15, -0.1) is 0 Å². The zero-order valence-electron chi connectivity index (χ0n) is 28.7. The lowest BCUT2D eigenvalue weighted by Gasteiger charge is -2.29. The summed E-state index contributed by atoms with van der Waals surface area (Å²) < 4.78 is 13.1. The number of hydrogen-bond donors (Lipinski definition) is 0. The molecule has 0 atom stereocenters. The van der Waals surface area contributed by atoms with Crippen molar-refractivity contribution in [3.05, 3.63) is 188 Å². The first-order chi connectivity index (χ1) is 26.3. The Labute approximate surface area is 305 Å². The first-order valence-corrected chi connectivity index (χ1v) is 18.0. The van der Waals surface area contributed by atoms with Crippen LogP contribution in [0.2, 0.25) is 0 Å². The maximum atomic E-state index is 6.74. The van der Waals surface area contributed by atoms with Crippen molar-refractivity contribution < 1.29 is 8.83 Å². The first kappa shape index (κ1) is 29.6. The van der Waals surface area contributed by atoms with Crippen LogP contribution in [-0.2, 0) is 0 Å². The van der Waals surface area contributed by atoms with Gasteiger partial charge in [-0.1, -0.05) is 140 Å².